The van der Waals surface area contributed by atoms with Gasteiger partial charge in [-0.15, -0.1) is 0 Å². The number of hydrogen-bond donors (Lipinski definition) is 1. The zero-order valence-electron chi connectivity index (χ0n) is 14.0. The monoisotopic (exact) mass is 358 g/mol. The van der Waals surface area contributed by atoms with Crippen molar-refractivity contribution in [1.82, 2.24) is 9.62 Å². The van der Waals surface area contributed by atoms with Crippen LogP contribution in [0.2, 0.25) is 5.02 Å². The van der Waals surface area contributed by atoms with Gasteiger partial charge < -0.3 is 5.32 Å². The fourth-order valence-electron chi connectivity index (χ4n) is 3.13. The topological polar surface area (TPSA) is 49.4 Å². The minimum absolute atomic E-state index is 0.0621. The predicted molar refractivity (Wildman–Crippen MR) is 95.5 cm³/mol. The van der Waals surface area contributed by atoms with Crippen molar-refractivity contribution >= 4 is 21.6 Å². The molecule has 4 nitrogen and oxygen atoms in total. The highest BCUT2D eigenvalue weighted by Crippen LogP contribution is 2.29. The van der Waals surface area contributed by atoms with Gasteiger partial charge in [0.1, 0.15) is 4.90 Å². The molecule has 0 radical (unpaired) electrons. The van der Waals surface area contributed by atoms with E-state index in [1.165, 1.54) is 0 Å². The maximum atomic E-state index is 13.2. The Morgan fingerprint density at radius 1 is 1.22 bits per heavy atom. The van der Waals surface area contributed by atoms with Gasteiger partial charge in [-0.1, -0.05) is 37.9 Å². The number of nitrogens with one attached hydrogen (secondary N) is 1. The summed E-state index contributed by atoms with van der Waals surface area (Å²) in [6.45, 7) is 6.37. The van der Waals surface area contributed by atoms with Gasteiger partial charge in [-0.25, -0.2) is 8.42 Å². The molecular weight excluding hydrogens is 332 g/mol. The lowest BCUT2D eigenvalue weighted by Crippen LogP contribution is -2.46. The summed E-state index contributed by atoms with van der Waals surface area (Å²) in [5.74, 6) is 0. The van der Waals surface area contributed by atoms with Crippen LogP contribution in [0.25, 0.3) is 0 Å². The van der Waals surface area contributed by atoms with Crippen LogP contribution in [0.4, 0.5) is 0 Å². The van der Waals surface area contributed by atoms with E-state index in [1.807, 2.05) is 13.0 Å². The number of rotatable bonds is 7. The van der Waals surface area contributed by atoms with Crippen LogP contribution in [0.1, 0.15) is 45.1 Å². The summed E-state index contributed by atoms with van der Waals surface area (Å²) in [4.78, 5) is 0.261. The van der Waals surface area contributed by atoms with E-state index in [4.69, 9.17) is 11.6 Å². The quantitative estimate of drug-likeness (QED) is 0.812. The fourth-order valence-corrected chi connectivity index (χ4v) is 5.43. The van der Waals surface area contributed by atoms with E-state index in [9.17, 15) is 8.42 Å². The second-order valence-corrected chi connectivity index (χ2v) is 8.38. The van der Waals surface area contributed by atoms with E-state index in [-0.39, 0.29) is 10.9 Å². The van der Waals surface area contributed by atoms with Gasteiger partial charge in [-0.2, -0.15) is 4.31 Å². The van der Waals surface area contributed by atoms with Crippen molar-refractivity contribution in [2.45, 2.75) is 56.9 Å². The molecule has 0 aliphatic carbocycles. The number of aryl methyl sites for hydroxylation is 1. The number of hydrogen-bond acceptors (Lipinski definition) is 3. The van der Waals surface area contributed by atoms with Crippen LogP contribution in [0.3, 0.4) is 0 Å². The van der Waals surface area contributed by atoms with E-state index in [1.54, 1.807) is 16.4 Å². The average Bonchev–Trinajstić information content (AvgIpc) is 2.55. The smallest absolute Gasteiger partial charge is 0.244 e. The molecule has 1 saturated heterocycles. The average molecular weight is 359 g/mol. The number of nitrogens with zero attached hydrogens (tertiary/aromatic N) is 1. The summed E-state index contributed by atoms with van der Waals surface area (Å²) >= 11 is 6.25. The molecule has 0 unspecified atom stereocenters. The Hall–Kier alpha value is -0.620. The Morgan fingerprint density at radius 2 is 1.91 bits per heavy atom. The largest absolute Gasteiger partial charge is 0.317 e. The summed E-state index contributed by atoms with van der Waals surface area (Å²) in [5, 5.41) is 3.61. The first-order chi connectivity index (χ1) is 11.0. The number of piperidine rings is 1. The van der Waals surface area contributed by atoms with Crippen molar-refractivity contribution in [2.75, 3.05) is 19.6 Å². The summed E-state index contributed by atoms with van der Waals surface area (Å²) in [5.41, 5.74) is 1.03. The molecular formula is C17H27ClN2O2S. The Morgan fingerprint density at radius 3 is 2.52 bits per heavy atom. The molecule has 0 atom stereocenters. The molecule has 1 aromatic carbocycles. The van der Waals surface area contributed by atoms with Crippen molar-refractivity contribution < 1.29 is 8.42 Å². The lowest BCUT2D eigenvalue weighted by Gasteiger charge is -2.33. The Balaban J connectivity index is 2.38. The van der Waals surface area contributed by atoms with Crippen LogP contribution in [0.15, 0.2) is 23.1 Å². The molecule has 23 heavy (non-hydrogen) atoms. The third-order valence-corrected chi connectivity index (χ3v) is 6.71. The molecule has 2 rings (SSSR count). The normalized spacial score (nSPS) is 16.9. The first-order valence-corrected chi connectivity index (χ1v) is 10.3. The van der Waals surface area contributed by atoms with Gasteiger partial charge >= 0.3 is 0 Å². The van der Waals surface area contributed by atoms with Gasteiger partial charge in [0, 0.05) is 12.6 Å². The van der Waals surface area contributed by atoms with Crippen molar-refractivity contribution in [1.29, 1.82) is 0 Å². The molecule has 6 heteroatoms. The molecule has 0 aromatic heterocycles. The molecule has 130 valence electrons. The minimum Gasteiger partial charge on any atom is -0.317 e. The lowest BCUT2D eigenvalue weighted by atomic mass is 10.1. The molecule has 1 fully saturated rings. The highest BCUT2D eigenvalue weighted by atomic mass is 35.5. The second-order valence-electron chi connectivity index (χ2n) is 6.11. The van der Waals surface area contributed by atoms with Crippen molar-refractivity contribution in [3.8, 4) is 0 Å². The molecule has 1 aromatic rings. The fraction of sp³-hybridized carbons (Fsp3) is 0.647. The predicted octanol–water partition coefficient (Wildman–Crippen LogP) is 3.45. The van der Waals surface area contributed by atoms with E-state index in [0.29, 0.717) is 11.6 Å². The zero-order chi connectivity index (χ0) is 16.9. The number of halogens is 1. The highest BCUT2D eigenvalue weighted by Gasteiger charge is 2.33. The minimum atomic E-state index is -3.56. The Bertz CT molecular complexity index is 613. The van der Waals surface area contributed by atoms with E-state index >= 15 is 0 Å². The van der Waals surface area contributed by atoms with Gasteiger partial charge in [-0.05, 0) is 56.5 Å². The van der Waals surface area contributed by atoms with Crippen LogP contribution in [-0.2, 0) is 16.4 Å². The molecule has 0 spiro atoms. The Kier molecular flexibility index (Phi) is 6.89. The third kappa shape index (κ3) is 4.47. The summed E-state index contributed by atoms with van der Waals surface area (Å²) in [7, 11) is -3.56. The van der Waals surface area contributed by atoms with Gasteiger partial charge in [0.15, 0.2) is 0 Å². The van der Waals surface area contributed by atoms with Crippen LogP contribution < -0.4 is 5.32 Å². The third-order valence-electron chi connectivity index (χ3n) is 4.28. The maximum absolute atomic E-state index is 13.2. The highest BCUT2D eigenvalue weighted by molar-refractivity contribution is 7.89. The van der Waals surface area contributed by atoms with Gasteiger partial charge in [0.05, 0.1) is 5.02 Å². The Labute approximate surface area is 145 Å². The number of sulfonamides is 1. The maximum Gasteiger partial charge on any atom is 0.244 e. The van der Waals surface area contributed by atoms with Crippen molar-refractivity contribution in [2.24, 2.45) is 0 Å². The lowest BCUT2D eigenvalue weighted by molar-refractivity contribution is 0.262. The molecule has 1 N–H and O–H groups in total. The first kappa shape index (κ1) is 18.7. The molecule has 0 bridgehead atoms. The standard InChI is InChI=1S/C17H27ClN2O2S/c1-3-5-14-6-7-16(18)17(13-14)23(21,22)20(12-4-2)15-8-10-19-11-9-15/h6-7,13,15,19H,3-5,8-12H2,1-2H3. The van der Waals surface area contributed by atoms with E-state index < -0.39 is 10.0 Å². The van der Waals surface area contributed by atoms with E-state index in [0.717, 1.165) is 50.8 Å². The molecule has 0 saturated carbocycles. The summed E-state index contributed by atoms with van der Waals surface area (Å²) in [6.07, 6.45) is 4.35. The van der Waals surface area contributed by atoms with Crippen LogP contribution in [-0.4, -0.2) is 38.4 Å². The van der Waals surface area contributed by atoms with Gasteiger partial charge in [-0.3, -0.25) is 0 Å². The SMILES string of the molecule is CCCc1ccc(Cl)c(S(=O)(=O)N(CCC)C2CCNCC2)c1. The molecule has 1 aliphatic heterocycles. The van der Waals surface area contributed by atoms with Gasteiger partial charge in [0.25, 0.3) is 0 Å². The van der Waals surface area contributed by atoms with Crippen LogP contribution in [0.5, 0.6) is 0 Å². The molecule has 1 heterocycles. The van der Waals surface area contributed by atoms with Crippen LogP contribution >= 0.6 is 11.6 Å². The zero-order valence-corrected chi connectivity index (χ0v) is 15.6. The van der Waals surface area contributed by atoms with Crippen molar-refractivity contribution in [3.05, 3.63) is 28.8 Å². The second kappa shape index (κ2) is 8.47. The van der Waals surface area contributed by atoms with Crippen LogP contribution in [0, 0.1) is 0 Å². The number of benzene rings is 1. The molecule has 1 aliphatic rings. The van der Waals surface area contributed by atoms with Crippen molar-refractivity contribution in [3.63, 3.8) is 0 Å². The summed E-state index contributed by atoms with van der Waals surface area (Å²) < 4.78 is 28.1. The molecule has 0 amide bonds. The first-order valence-electron chi connectivity index (χ1n) is 8.51. The van der Waals surface area contributed by atoms with E-state index in [2.05, 4.69) is 12.2 Å². The summed E-state index contributed by atoms with van der Waals surface area (Å²) in [6, 6.07) is 5.45. The van der Waals surface area contributed by atoms with Gasteiger partial charge in [0.2, 0.25) is 10.0 Å².